The van der Waals surface area contributed by atoms with E-state index in [1.165, 1.54) is 42.5 Å². The van der Waals surface area contributed by atoms with Crippen molar-refractivity contribution in [2.24, 2.45) is 11.3 Å². The van der Waals surface area contributed by atoms with Gasteiger partial charge in [0.15, 0.2) is 0 Å². The molecular formula is C22H20ClF4NO3. The first-order valence-corrected chi connectivity index (χ1v) is 9.96. The topological polar surface area (TPSA) is 66.4 Å². The molecule has 2 aromatic carbocycles. The second-order valence-corrected chi connectivity index (χ2v) is 8.33. The van der Waals surface area contributed by atoms with Crippen molar-refractivity contribution < 1.29 is 32.3 Å². The van der Waals surface area contributed by atoms with Gasteiger partial charge in [0.05, 0.1) is 22.9 Å². The first-order chi connectivity index (χ1) is 14.4. The number of anilines is 1. The first-order valence-electron chi connectivity index (χ1n) is 9.58. The van der Waals surface area contributed by atoms with Crippen molar-refractivity contribution in [2.75, 3.05) is 5.32 Å². The van der Waals surface area contributed by atoms with Crippen molar-refractivity contribution >= 4 is 29.2 Å². The van der Waals surface area contributed by atoms with Crippen LogP contribution in [0.4, 0.5) is 23.2 Å². The van der Waals surface area contributed by atoms with Gasteiger partial charge >= 0.3 is 12.1 Å². The lowest BCUT2D eigenvalue weighted by Gasteiger charge is -2.26. The van der Waals surface area contributed by atoms with Gasteiger partial charge in [-0.05, 0) is 48.6 Å². The molecule has 1 aliphatic rings. The molecule has 0 heterocycles. The molecule has 0 spiro atoms. The van der Waals surface area contributed by atoms with Crippen molar-refractivity contribution in [1.29, 1.82) is 0 Å². The Bertz CT molecular complexity index is 987. The van der Waals surface area contributed by atoms with E-state index in [1.807, 2.05) is 0 Å². The number of carbonyl (C=O) groups is 2. The molecule has 166 valence electrons. The third-order valence-corrected chi connectivity index (χ3v) is 5.95. The summed E-state index contributed by atoms with van der Waals surface area (Å²) in [4.78, 5) is 24.2. The molecule has 4 nitrogen and oxygen atoms in total. The molecule has 0 radical (unpaired) electrons. The Hall–Kier alpha value is -2.61. The molecule has 3 rings (SSSR count). The average molecular weight is 458 g/mol. The number of hydrogen-bond donors (Lipinski definition) is 2. The summed E-state index contributed by atoms with van der Waals surface area (Å²) in [5.41, 5.74) is -1.15. The number of aliphatic carboxylic acids is 1. The van der Waals surface area contributed by atoms with Gasteiger partial charge in [0.25, 0.3) is 0 Å². The highest BCUT2D eigenvalue weighted by molar-refractivity contribution is 6.30. The summed E-state index contributed by atoms with van der Waals surface area (Å²) in [5.74, 6) is -6.57. The van der Waals surface area contributed by atoms with Crippen LogP contribution >= 0.6 is 11.6 Å². The highest BCUT2D eigenvalue weighted by atomic mass is 35.5. The minimum absolute atomic E-state index is 0.0581. The van der Waals surface area contributed by atoms with Gasteiger partial charge in [0.1, 0.15) is 5.82 Å². The van der Waals surface area contributed by atoms with Crippen LogP contribution in [0.1, 0.15) is 36.8 Å². The number of benzene rings is 2. The molecule has 1 saturated carbocycles. The molecule has 0 aliphatic heterocycles. The van der Waals surface area contributed by atoms with Crippen LogP contribution in [0.25, 0.3) is 0 Å². The maximum atomic E-state index is 15.0. The molecule has 0 aromatic heterocycles. The second kappa shape index (κ2) is 8.49. The molecule has 0 bridgehead atoms. The molecule has 9 heteroatoms. The number of halogens is 5. The normalized spacial score (nSPS) is 17.0. The van der Waals surface area contributed by atoms with Crippen LogP contribution < -0.4 is 5.32 Å². The fourth-order valence-electron chi connectivity index (χ4n) is 3.53. The van der Waals surface area contributed by atoms with E-state index in [0.717, 1.165) is 6.92 Å². The number of carboxylic acid groups (broad SMARTS) is 1. The Balaban J connectivity index is 1.89. The molecule has 31 heavy (non-hydrogen) atoms. The van der Waals surface area contributed by atoms with E-state index in [4.69, 9.17) is 11.6 Å². The third kappa shape index (κ3) is 5.01. The molecule has 2 atom stereocenters. The van der Waals surface area contributed by atoms with E-state index in [1.54, 1.807) is 0 Å². The van der Waals surface area contributed by atoms with Gasteiger partial charge in [-0.3, -0.25) is 9.59 Å². The smallest absolute Gasteiger partial charge is 0.392 e. The molecular weight excluding hydrogens is 438 g/mol. The summed E-state index contributed by atoms with van der Waals surface area (Å²) in [6, 6.07) is 9.47. The molecule has 2 N–H and O–H groups in total. The van der Waals surface area contributed by atoms with Crippen molar-refractivity contribution in [3.8, 4) is 0 Å². The minimum atomic E-state index is -4.66. The molecule has 1 amide bonds. The average Bonchev–Trinajstić information content (AvgIpc) is 3.47. The first kappa shape index (κ1) is 23.1. The second-order valence-electron chi connectivity index (χ2n) is 7.89. The van der Waals surface area contributed by atoms with Gasteiger partial charge in [-0.2, -0.15) is 13.2 Å². The van der Waals surface area contributed by atoms with Crippen LogP contribution in [-0.2, 0) is 16.0 Å². The van der Waals surface area contributed by atoms with Gasteiger partial charge in [-0.1, -0.05) is 42.8 Å². The highest BCUT2D eigenvalue weighted by Gasteiger charge is 2.50. The number of nitrogens with one attached hydrogen (secondary N) is 1. The summed E-state index contributed by atoms with van der Waals surface area (Å²) in [6.07, 6.45) is -3.89. The quantitative estimate of drug-likeness (QED) is 0.516. The van der Waals surface area contributed by atoms with Crippen LogP contribution in [0.2, 0.25) is 5.02 Å². The number of alkyl halides is 3. The maximum Gasteiger partial charge on any atom is 0.392 e. The fourth-order valence-corrected chi connectivity index (χ4v) is 3.66. The van der Waals surface area contributed by atoms with E-state index in [-0.39, 0.29) is 23.2 Å². The van der Waals surface area contributed by atoms with E-state index in [0.29, 0.717) is 17.9 Å². The monoisotopic (exact) mass is 457 g/mol. The van der Waals surface area contributed by atoms with E-state index in [9.17, 15) is 32.3 Å². The third-order valence-electron chi connectivity index (χ3n) is 5.70. The molecule has 1 fully saturated rings. The SMILES string of the molecule is C[C@H]([C@H](C(=O)Nc1cccc(CC2(C(=O)O)CC2)c1F)c1ccc(Cl)cc1)C(F)(F)F. The molecule has 2 aromatic rings. The van der Waals surface area contributed by atoms with E-state index in [2.05, 4.69) is 5.32 Å². The Kier molecular flexibility index (Phi) is 6.32. The largest absolute Gasteiger partial charge is 0.481 e. The summed E-state index contributed by atoms with van der Waals surface area (Å²) in [7, 11) is 0. The highest BCUT2D eigenvalue weighted by Crippen LogP contribution is 2.49. The minimum Gasteiger partial charge on any atom is -0.481 e. The number of carboxylic acids is 1. The predicted molar refractivity (Wildman–Crippen MR) is 107 cm³/mol. The Labute approximate surface area is 181 Å². The van der Waals surface area contributed by atoms with Gasteiger partial charge in [0.2, 0.25) is 5.91 Å². The van der Waals surface area contributed by atoms with Crippen LogP contribution in [0.15, 0.2) is 42.5 Å². The lowest BCUT2D eigenvalue weighted by atomic mass is 9.85. The van der Waals surface area contributed by atoms with Crippen molar-refractivity contribution in [2.45, 2.75) is 38.3 Å². The molecule has 1 aliphatic carbocycles. The number of rotatable bonds is 7. The predicted octanol–water partition coefficient (Wildman–Crippen LogP) is 5.81. The standard InChI is InChI=1S/C22H20ClF4NO3/c1-12(22(25,26)27)17(13-5-7-15(23)8-6-13)19(29)28-16-4-2-3-14(18(16)24)11-21(9-10-21)20(30)31/h2-8,12,17H,9-11H2,1H3,(H,28,29)(H,30,31)/t12-,17+/m1/s1. The number of amides is 1. The molecule has 0 unspecified atom stereocenters. The summed E-state index contributed by atoms with van der Waals surface area (Å²) >= 11 is 5.80. The Morgan fingerprint density at radius 3 is 2.29 bits per heavy atom. The number of hydrogen-bond acceptors (Lipinski definition) is 2. The van der Waals surface area contributed by atoms with Crippen molar-refractivity contribution in [1.82, 2.24) is 0 Å². The summed E-state index contributed by atoms with van der Waals surface area (Å²) in [5, 5.41) is 11.9. The maximum absolute atomic E-state index is 15.0. The number of carbonyl (C=O) groups excluding carboxylic acids is 1. The van der Waals surface area contributed by atoms with E-state index >= 15 is 0 Å². The van der Waals surface area contributed by atoms with E-state index < -0.39 is 41.1 Å². The van der Waals surface area contributed by atoms with Gasteiger partial charge < -0.3 is 10.4 Å². The summed E-state index contributed by atoms with van der Waals surface area (Å²) in [6.45, 7) is 0.884. The van der Waals surface area contributed by atoms with Crippen LogP contribution in [0.3, 0.4) is 0 Å². The van der Waals surface area contributed by atoms with Crippen molar-refractivity contribution in [3.63, 3.8) is 0 Å². The molecule has 0 saturated heterocycles. The van der Waals surface area contributed by atoms with Gasteiger partial charge in [-0.15, -0.1) is 0 Å². The van der Waals surface area contributed by atoms with Crippen LogP contribution in [-0.4, -0.2) is 23.2 Å². The fraction of sp³-hybridized carbons (Fsp3) is 0.364. The zero-order valence-corrected chi connectivity index (χ0v) is 17.2. The zero-order chi connectivity index (χ0) is 23.0. The van der Waals surface area contributed by atoms with Crippen LogP contribution in [0, 0.1) is 17.2 Å². The van der Waals surface area contributed by atoms with Gasteiger partial charge in [0, 0.05) is 5.02 Å². The zero-order valence-electron chi connectivity index (χ0n) is 16.5. The van der Waals surface area contributed by atoms with Crippen LogP contribution in [0.5, 0.6) is 0 Å². The lowest BCUT2D eigenvalue weighted by molar-refractivity contribution is -0.178. The Morgan fingerprint density at radius 2 is 1.77 bits per heavy atom. The van der Waals surface area contributed by atoms with Gasteiger partial charge in [-0.25, -0.2) is 4.39 Å². The lowest BCUT2D eigenvalue weighted by Crippen LogP contribution is -2.34. The Morgan fingerprint density at radius 1 is 1.16 bits per heavy atom. The van der Waals surface area contributed by atoms with Crippen molar-refractivity contribution in [3.05, 3.63) is 64.4 Å². The summed E-state index contributed by atoms with van der Waals surface area (Å²) < 4.78 is 55.3.